The molecule has 11 aliphatic rings. The molecular weight excluding hydrogens is 1920 g/mol. The van der Waals surface area contributed by atoms with Crippen molar-refractivity contribution >= 4 is 59.7 Å². The van der Waals surface area contributed by atoms with Crippen molar-refractivity contribution in [3.8, 4) is 239 Å². The summed E-state index contributed by atoms with van der Waals surface area (Å²) in [6.07, 6.45) is -36.6. The number of aromatic hydroxyl groups is 30. The van der Waals surface area contributed by atoms with Crippen LogP contribution in [0.4, 0.5) is 0 Å². The molecule has 0 amide bonds. The second-order valence-corrected chi connectivity index (χ2v) is 32.9. The SMILES string of the molecule is O=C1OC[C@@H]2OC(=O)c3cc(O)c(O)c(O)c3-c3c(O)c(O)c(O)c4c3C(=O)O[C@@H](C3OC(=O)c5c-4c(O)c(O)c(O)c5[C@H]3c3c(O)c(O)c(O)c4c3C(=O)OC[C@@H]3OC(=O)c5cc(O)c(O)c(O)c5-c5c(O)c(O)c(O)c6c5C(=O)O[C@H]([C@H]3OC(=O)c3cc(O)c(O)c(O)c3-4)[C@H]3OC(=O)c4c-6c(O)c(O)c(O)c4[C@@H]3C3(O)OC[C@H](O)[C@@H](O)[C@@H]3O)[C@H]2OC(=O)c2cc(O)c(O)c(O)c2-c2c1cc(O)c(O)c2O. The third-order valence-electron chi connectivity index (χ3n) is 25.5. The van der Waals surface area contributed by atoms with E-state index in [1.807, 2.05) is 0 Å². The summed E-state index contributed by atoms with van der Waals surface area (Å²) in [7, 11) is 0. The van der Waals surface area contributed by atoms with Crippen LogP contribution in [0.2, 0.25) is 0 Å². The summed E-state index contributed by atoms with van der Waals surface area (Å²) in [5, 5.41) is 408. The number of aliphatic hydroxyl groups is 4. The van der Waals surface area contributed by atoms with Crippen molar-refractivity contribution in [3.05, 3.63) is 103 Å². The molecule has 55 heteroatoms. The molecule has 0 saturated carbocycles. The summed E-state index contributed by atoms with van der Waals surface area (Å²) in [5.41, 5.74) is -44.4. The molecule has 142 heavy (non-hydrogen) atoms. The Kier molecular flexibility index (Phi) is 19.9. The lowest BCUT2D eigenvalue weighted by Crippen LogP contribution is -2.68. The minimum Gasteiger partial charge on any atom is -0.504 e. The largest absolute Gasteiger partial charge is 0.504 e. The topological polar surface area (TPSA) is 960 Å². The van der Waals surface area contributed by atoms with E-state index in [0.29, 0.717) is 0 Å². The number of cyclic esters (lactones) is 2. The average Bonchev–Trinajstić information content (AvgIpc) is 0.893. The molecule has 0 spiro atoms. The first-order chi connectivity index (χ1) is 66.7. The molecule has 1 saturated heterocycles. The van der Waals surface area contributed by atoms with Crippen LogP contribution in [0, 0.1) is 0 Å². The summed E-state index contributed by atoms with van der Waals surface area (Å²) in [4.78, 5) is 161. The van der Waals surface area contributed by atoms with Crippen molar-refractivity contribution in [3.63, 3.8) is 0 Å². The van der Waals surface area contributed by atoms with E-state index < -0.39 is 476 Å². The Balaban J connectivity index is 0.930. The maximum Gasteiger partial charge on any atom is 0.340 e. The fourth-order valence-electron chi connectivity index (χ4n) is 19.1. The molecule has 11 heterocycles. The van der Waals surface area contributed by atoms with Gasteiger partial charge in [-0.25, -0.2) is 47.9 Å². The Bertz CT molecular complexity index is 7630. The Morgan fingerprint density at radius 3 is 0.817 bits per heavy atom. The molecule has 11 aliphatic heterocycles. The normalized spacial score (nSPS) is 23.5. The van der Waals surface area contributed by atoms with Gasteiger partial charge in [0.25, 0.3) is 0 Å². The van der Waals surface area contributed by atoms with E-state index in [4.69, 9.17) is 52.1 Å². The maximum atomic E-state index is 17.1. The quantitative estimate of drug-likeness (QED) is 0.0649. The molecule has 0 aliphatic carbocycles. The number of phenols is 30. The van der Waals surface area contributed by atoms with E-state index in [1.165, 1.54) is 0 Å². The minimum absolute atomic E-state index is 0.0391. The predicted octanol–water partition coefficient (Wildman–Crippen LogP) is 0.900. The van der Waals surface area contributed by atoms with E-state index in [-0.39, 0.29) is 30.3 Å². The number of hydrogen-bond acceptors (Lipinski definition) is 55. The van der Waals surface area contributed by atoms with Crippen molar-refractivity contribution in [1.29, 1.82) is 0 Å². The number of fused-ring (bicyclic) bond motifs is 14. The molecule has 55 nitrogen and oxygen atoms in total. The zero-order chi connectivity index (χ0) is 103. The van der Waals surface area contributed by atoms with E-state index >= 15 is 47.9 Å². The Morgan fingerprint density at radius 1 is 0.218 bits per heavy atom. The Morgan fingerprint density at radius 2 is 0.458 bits per heavy atom. The minimum atomic E-state index is -4.09. The van der Waals surface area contributed by atoms with Gasteiger partial charge >= 0.3 is 59.7 Å². The maximum absolute atomic E-state index is 17.1. The van der Waals surface area contributed by atoms with Gasteiger partial charge in [-0.3, -0.25) is 0 Å². The highest BCUT2D eigenvalue weighted by molar-refractivity contribution is 6.20. The highest BCUT2D eigenvalue weighted by Crippen LogP contribution is 2.69. The molecule has 10 aromatic rings. The van der Waals surface area contributed by atoms with Crippen molar-refractivity contribution in [2.75, 3.05) is 19.8 Å². The van der Waals surface area contributed by atoms with E-state index in [2.05, 4.69) is 0 Å². The number of esters is 10. The second kappa shape index (κ2) is 30.9. The Hall–Kier alpha value is -19.3. The first-order valence-electron chi connectivity index (χ1n) is 40.1. The third kappa shape index (κ3) is 12.2. The van der Waals surface area contributed by atoms with Gasteiger partial charge in [-0.05, 0) is 30.3 Å². The van der Waals surface area contributed by atoms with Gasteiger partial charge in [0, 0.05) is 83.5 Å². The van der Waals surface area contributed by atoms with Gasteiger partial charge in [-0.15, -0.1) is 0 Å². The van der Waals surface area contributed by atoms with E-state index in [1.54, 1.807) is 0 Å². The van der Waals surface area contributed by atoms with Gasteiger partial charge in [0.05, 0.1) is 74.1 Å². The standard InChI is InChI=1S/C87H58O55/c88-14-1-9-22(50(100)44(14)94)23-10(2-15(89)45(95)51(23)101)80(124)137-70-20(7-132-77(9)121)135-78(122)11-3-16(90)46(96)52(102)24(11)28-38-30(58(108)65(115)56(28)106)31-40-35(63(113)68(118)59(31)109)36(72(139-83(40)127)74(70)141-84(38)128)34-37-27(55(105)67(117)62(34)112)26-13(5-18(92)48(98)54(26)104)81(125)138-71-21(8-133-82(37)126)136-79(123)12-4-17(91)47(97)53(103)25(12)29-39-32(60(110)66(116)57(29)107)33-41-42(64(114)69(119)61(33)111)43(73(140-86(41)130)75(71)142-85(39)129)87(131)76(120)49(99)19(93)6-134-87/h1-5,19-21,36,43,49,70-76,88-120,131H,6-8H2/t19-,20-,21-,36+,43-,49+,70-,71-,72?,73-,74+,75+,76-,87?/m0/s1. The lowest BCUT2D eigenvalue weighted by molar-refractivity contribution is -0.341. The summed E-state index contributed by atoms with van der Waals surface area (Å²) < 4.78 is 65.0. The van der Waals surface area contributed by atoms with Crippen LogP contribution in [0.5, 0.6) is 172 Å². The number of aliphatic hydroxyl groups excluding tert-OH is 3. The number of ether oxygens (including phenoxy) is 11. The zero-order valence-electron chi connectivity index (χ0n) is 69.3. The van der Waals surface area contributed by atoms with Crippen LogP contribution >= 0.6 is 0 Å². The van der Waals surface area contributed by atoms with Gasteiger partial charge in [0.15, 0.2) is 164 Å². The fraction of sp³-hybridized carbons (Fsp3) is 0.195. The number of phenolic OH excluding ortho intramolecular Hbond substituents is 30. The van der Waals surface area contributed by atoms with Crippen molar-refractivity contribution < 1.29 is 274 Å². The molecule has 10 aromatic carbocycles. The van der Waals surface area contributed by atoms with Gasteiger partial charge in [0.2, 0.25) is 63.3 Å². The number of benzene rings is 10. The molecule has 736 valence electrons. The summed E-state index contributed by atoms with van der Waals surface area (Å²) >= 11 is 0. The number of rotatable bonds is 2. The molecule has 0 radical (unpaired) electrons. The molecule has 34 N–H and O–H groups in total. The summed E-state index contributed by atoms with van der Waals surface area (Å²) in [5.74, 6) is -94.2. The third-order valence-corrected chi connectivity index (χ3v) is 25.5. The smallest absolute Gasteiger partial charge is 0.340 e. The molecule has 12 bridgehead atoms. The fourth-order valence-corrected chi connectivity index (χ4v) is 19.1. The van der Waals surface area contributed by atoms with Crippen molar-refractivity contribution in [2.45, 2.75) is 84.8 Å². The van der Waals surface area contributed by atoms with Crippen molar-refractivity contribution in [2.24, 2.45) is 0 Å². The highest BCUT2D eigenvalue weighted by atomic mass is 16.7. The van der Waals surface area contributed by atoms with Crippen LogP contribution in [0.15, 0.2) is 30.3 Å². The summed E-state index contributed by atoms with van der Waals surface area (Å²) in [6.45, 7) is -5.85. The lowest BCUT2D eigenvalue weighted by atomic mass is 9.71. The average molecular weight is 1980 g/mol. The summed E-state index contributed by atoms with van der Waals surface area (Å²) in [6, 6.07) is 0.287. The zero-order valence-corrected chi connectivity index (χ0v) is 69.3. The van der Waals surface area contributed by atoms with Crippen LogP contribution in [0.3, 0.4) is 0 Å². The van der Waals surface area contributed by atoms with Crippen LogP contribution in [-0.4, -0.2) is 326 Å². The predicted molar refractivity (Wildman–Crippen MR) is 436 cm³/mol. The molecule has 14 atom stereocenters. The molecule has 2 unspecified atom stereocenters. The number of carbonyl (C=O) groups is 10. The van der Waals surface area contributed by atoms with Gasteiger partial charge in [-0.1, -0.05) is 0 Å². The molecule has 0 aromatic heterocycles. The van der Waals surface area contributed by atoms with Gasteiger partial charge in [-0.2, -0.15) is 0 Å². The van der Waals surface area contributed by atoms with Crippen LogP contribution in [0.25, 0.3) is 66.8 Å². The number of hydrogen-bond donors (Lipinski definition) is 34. The number of carbonyl (C=O) groups excluding carboxylic acids is 10. The first-order valence-corrected chi connectivity index (χ1v) is 40.1. The van der Waals surface area contributed by atoms with Crippen LogP contribution < -0.4 is 0 Å². The molecular formula is C87H58O55. The lowest BCUT2D eigenvalue weighted by Gasteiger charge is -2.51. The van der Waals surface area contributed by atoms with Crippen LogP contribution in [0.1, 0.15) is 132 Å². The Labute approximate surface area is 777 Å². The van der Waals surface area contributed by atoms with Gasteiger partial charge in [0.1, 0.15) is 31.5 Å². The molecule has 1 fully saturated rings. The van der Waals surface area contributed by atoms with E-state index in [0.717, 1.165) is 0 Å². The highest BCUT2D eigenvalue weighted by Gasteiger charge is 2.67. The van der Waals surface area contributed by atoms with Crippen molar-refractivity contribution in [1.82, 2.24) is 0 Å². The van der Waals surface area contributed by atoms with E-state index in [9.17, 15) is 174 Å². The second-order valence-electron chi connectivity index (χ2n) is 32.9. The van der Waals surface area contributed by atoms with Crippen LogP contribution in [-0.2, 0) is 52.1 Å². The first kappa shape index (κ1) is 91.8. The van der Waals surface area contributed by atoms with Gasteiger partial charge < -0.3 is 226 Å². The monoisotopic (exact) mass is 1980 g/mol. The molecule has 21 rings (SSSR count).